The van der Waals surface area contributed by atoms with E-state index in [4.69, 9.17) is 21.8 Å². The van der Waals surface area contributed by atoms with Gasteiger partial charge in [0, 0.05) is 5.02 Å². The molecule has 1 heterocycles. The summed E-state index contributed by atoms with van der Waals surface area (Å²) in [5, 5.41) is 2.97. The summed E-state index contributed by atoms with van der Waals surface area (Å²) in [5.74, 6) is -1.21. The molecule has 0 fully saturated rings. The molecule has 2 aromatic rings. The second-order valence-electron chi connectivity index (χ2n) is 3.91. The molecule has 0 bridgehead atoms. The summed E-state index contributed by atoms with van der Waals surface area (Å²) in [6.07, 6.45) is 2.82. The van der Waals surface area contributed by atoms with Crippen molar-refractivity contribution in [1.29, 1.82) is 0 Å². The van der Waals surface area contributed by atoms with Gasteiger partial charge in [-0.25, -0.2) is 0 Å². The van der Waals surface area contributed by atoms with E-state index in [0.717, 1.165) is 0 Å². The highest BCUT2D eigenvalue weighted by atomic mass is 35.5. The summed E-state index contributed by atoms with van der Waals surface area (Å²) in [7, 11) is 0. The lowest BCUT2D eigenvalue weighted by Crippen LogP contribution is -2.30. The van der Waals surface area contributed by atoms with Gasteiger partial charge in [-0.1, -0.05) is 23.7 Å². The van der Waals surface area contributed by atoms with Crippen LogP contribution in [0.4, 0.5) is 0 Å². The summed E-state index contributed by atoms with van der Waals surface area (Å²) >= 11 is 5.77. The lowest BCUT2D eigenvalue weighted by atomic mass is 10.2. The Balaban J connectivity index is 2.21. The molecule has 0 aliphatic rings. The molecule has 20 heavy (non-hydrogen) atoms. The maximum Gasteiger partial charge on any atom is 0.291 e. The first-order valence-corrected chi connectivity index (χ1v) is 6.06. The van der Waals surface area contributed by atoms with Crippen LogP contribution in [0.1, 0.15) is 16.1 Å². The molecule has 0 saturated carbocycles. The molecule has 0 atom stereocenters. The van der Waals surface area contributed by atoms with E-state index < -0.39 is 11.8 Å². The number of primary amides is 1. The van der Waals surface area contributed by atoms with Crippen molar-refractivity contribution in [2.24, 2.45) is 5.73 Å². The number of halogens is 1. The van der Waals surface area contributed by atoms with E-state index in [1.807, 2.05) is 0 Å². The van der Waals surface area contributed by atoms with Gasteiger partial charge in [0.15, 0.2) is 5.76 Å². The maximum atomic E-state index is 11.8. The SMILES string of the molecule is NC(=O)/C(=C\c1ccc(Cl)cc1)NC(=O)c1ccco1. The van der Waals surface area contributed by atoms with Gasteiger partial charge in [0.2, 0.25) is 0 Å². The largest absolute Gasteiger partial charge is 0.459 e. The van der Waals surface area contributed by atoms with Gasteiger partial charge in [0.05, 0.1) is 6.26 Å². The zero-order chi connectivity index (χ0) is 14.5. The van der Waals surface area contributed by atoms with Gasteiger partial charge in [0.25, 0.3) is 11.8 Å². The van der Waals surface area contributed by atoms with Gasteiger partial charge < -0.3 is 15.5 Å². The molecule has 0 saturated heterocycles. The Bertz CT molecular complexity index is 646. The van der Waals surface area contributed by atoms with E-state index in [2.05, 4.69) is 5.32 Å². The average molecular weight is 291 g/mol. The first-order chi connectivity index (χ1) is 9.56. The Hall–Kier alpha value is -2.53. The van der Waals surface area contributed by atoms with Crippen LogP contribution in [-0.2, 0) is 4.79 Å². The van der Waals surface area contributed by atoms with Crippen LogP contribution in [0.25, 0.3) is 6.08 Å². The molecule has 3 N–H and O–H groups in total. The Morgan fingerprint density at radius 1 is 1.20 bits per heavy atom. The van der Waals surface area contributed by atoms with Gasteiger partial charge in [-0.05, 0) is 35.9 Å². The van der Waals surface area contributed by atoms with Crippen molar-refractivity contribution in [2.45, 2.75) is 0 Å². The number of hydrogen-bond donors (Lipinski definition) is 2. The minimum absolute atomic E-state index is 0.0336. The molecule has 0 radical (unpaired) electrons. The predicted molar refractivity (Wildman–Crippen MR) is 74.8 cm³/mol. The van der Waals surface area contributed by atoms with Crippen molar-refractivity contribution in [3.05, 3.63) is 64.7 Å². The molecule has 0 spiro atoms. The number of amides is 2. The third-order valence-electron chi connectivity index (χ3n) is 2.44. The second-order valence-corrected chi connectivity index (χ2v) is 4.34. The van der Waals surface area contributed by atoms with Crippen LogP contribution in [0.3, 0.4) is 0 Å². The average Bonchev–Trinajstić information content (AvgIpc) is 2.94. The summed E-state index contributed by atoms with van der Waals surface area (Å²) in [6, 6.07) is 9.79. The quantitative estimate of drug-likeness (QED) is 0.846. The third-order valence-corrected chi connectivity index (χ3v) is 2.69. The number of nitrogens with one attached hydrogen (secondary N) is 1. The molecule has 0 aliphatic carbocycles. The van der Waals surface area contributed by atoms with E-state index in [1.165, 1.54) is 18.4 Å². The lowest BCUT2D eigenvalue weighted by Gasteiger charge is -2.05. The van der Waals surface area contributed by atoms with Gasteiger partial charge in [-0.3, -0.25) is 9.59 Å². The zero-order valence-corrected chi connectivity index (χ0v) is 11.1. The van der Waals surface area contributed by atoms with Crippen molar-refractivity contribution >= 4 is 29.5 Å². The maximum absolute atomic E-state index is 11.8. The molecule has 2 rings (SSSR count). The Labute approximate surface area is 120 Å². The summed E-state index contributed by atoms with van der Waals surface area (Å²) < 4.78 is 4.93. The smallest absolute Gasteiger partial charge is 0.291 e. The highest BCUT2D eigenvalue weighted by molar-refractivity contribution is 6.30. The molecular formula is C14H11ClN2O3. The number of nitrogens with two attached hydrogens (primary N) is 1. The normalized spacial score (nSPS) is 11.2. The highest BCUT2D eigenvalue weighted by Gasteiger charge is 2.13. The molecule has 0 unspecified atom stereocenters. The Morgan fingerprint density at radius 3 is 2.45 bits per heavy atom. The highest BCUT2D eigenvalue weighted by Crippen LogP contribution is 2.12. The monoisotopic (exact) mass is 290 g/mol. The molecule has 6 heteroatoms. The topological polar surface area (TPSA) is 85.3 Å². The van der Waals surface area contributed by atoms with E-state index in [0.29, 0.717) is 10.6 Å². The Kier molecular flexibility index (Phi) is 4.22. The number of carbonyl (C=O) groups is 2. The van der Waals surface area contributed by atoms with Crippen LogP contribution in [0.5, 0.6) is 0 Å². The lowest BCUT2D eigenvalue weighted by molar-refractivity contribution is -0.114. The fourth-order valence-corrected chi connectivity index (χ4v) is 1.61. The summed E-state index contributed by atoms with van der Waals surface area (Å²) in [6.45, 7) is 0. The molecule has 1 aromatic heterocycles. The van der Waals surface area contributed by atoms with E-state index in [9.17, 15) is 9.59 Å². The van der Waals surface area contributed by atoms with Crippen LogP contribution in [0.2, 0.25) is 5.02 Å². The van der Waals surface area contributed by atoms with Gasteiger partial charge in [0.1, 0.15) is 5.70 Å². The summed E-state index contributed by atoms with van der Waals surface area (Å²) in [4.78, 5) is 23.1. The minimum atomic E-state index is -0.750. The number of hydrogen-bond acceptors (Lipinski definition) is 3. The van der Waals surface area contributed by atoms with Crippen molar-refractivity contribution in [1.82, 2.24) is 5.32 Å². The zero-order valence-electron chi connectivity index (χ0n) is 10.3. The van der Waals surface area contributed by atoms with Crippen LogP contribution >= 0.6 is 11.6 Å². The summed E-state index contributed by atoms with van der Waals surface area (Å²) in [5.41, 5.74) is 5.89. The molecule has 5 nitrogen and oxygen atoms in total. The number of benzene rings is 1. The van der Waals surface area contributed by atoms with Crippen LogP contribution in [0.15, 0.2) is 52.8 Å². The predicted octanol–water partition coefficient (Wildman–Crippen LogP) is 2.19. The van der Waals surface area contributed by atoms with Crippen molar-refractivity contribution in [2.75, 3.05) is 0 Å². The van der Waals surface area contributed by atoms with E-state index >= 15 is 0 Å². The fourth-order valence-electron chi connectivity index (χ4n) is 1.49. The van der Waals surface area contributed by atoms with Crippen molar-refractivity contribution in [3.63, 3.8) is 0 Å². The first kappa shape index (κ1) is 13.9. The van der Waals surface area contributed by atoms with Crippen LogP contribution < -0.4 is 11.1 Å². The Morgan fingerprint density at radius 2 is 1.90 bits per heavy atom. The number of carbonyl (C=O) groups excluding carboxylic acids is 2. The standard InChI is InChI=1S/C14H11ClN2O3/c15-10-5-3-9(4-6-10)8-11(13(16)18)17-14(19)12-2-1-7-20-12/h1-8H,(H2,16,18)(H,17,19)/b11-8+. The fraction of sp³-hybridized carbons (Fsp3) is 0. The van der Waals surface area contributed by atoms with Crippen molar-refractivity contribution in [3.8, 4) is 0 Å². The second kappa shape index (κ2) is 6.08. The molecular weight excluding hydrogens is 280 g/mol. The third kappa shape index (κ3) is 3.49. The van der Waals surface area contributed by atoms with Gasteiger partial charge >= 0.3 is 0 Å². The minimum Gasteiger partial charge on any atom is -0.459 e. The first-order valence-electron chi connectivity index (χ1n) is 5.68. The molecule has 102 valence electrons. The van der Waals surface area contributed by atoms with Gasteiger partial charge in [-0.15, -0.1) is 0 Å². The number of furan rings is 1. The molecule has 1 aromatic carbocycles. The number of rotatable bonds is 4. The van der Waals surface area contributed by atoms with Crippen molar-refractivity contribution < 1.29 is 14.0 Å². The van der Waals surface area contributed by atoms with Crippen LogP contribution in [0, 0.1) is 0 Å². The van der Waals surface area contributed by atoms with E-state index in [-0.39, 0.29) is 11.5 Å². The molecule has 0 aliphatic heterocycles. The van der Waals surface area contributed by atoms with E-state index in [1.54, 1.807) is 30.3 Å². The van der Waals surface area contributed by atoms with Gasteiger partial charge in [-0.2, -0.15) is 0 Å². The molecule has 2 amide bonds. The van der Waals surface area contributed by atoms with Crippen LogP contribution in [-0.4, -0.2) is 11.8 Å².